The second-order valence-corrected chi connectivity index (χ2v) is 9.03. The van der Waals surface area contributed by atoms with Crippen LogP contribution in [0.15, 0.2) is 16.8 Å². The molecule has 3 rings (SSSR count). The largest absolute Gasteiger partial charge is 0.313 e. The van der Waals surface area contributed by atoms with Crippen molar-refractivity contribution in [3.63, 3.8) is 0 Å². The summed E-state index contributed by atoms with van der Waals surface area (Å²) in [6, 6.07) is 2.80. The Morgan fingerprint density at radius 2 is 2.15 bits per heavy atom. The van der Waals surface area contributed by atoms with Crippen LogP contribution >= 0.6 is 11.3 Å². The number of rotatable bonds is 8. The zero-order valence-corrected chi connectivity index (χ0v) is 13.4. The lowest BCUT2D eigenvalue weighted by atomic mass is 10.3. The minimum Gasteiger partial charge on any atom is -0.313 e. The highest BCUT2D eigenvalue weighted by atomic mass is 32.2. The van der Waals surface area contributed by atoms with E-state index in [-0.39, 0.29) is 11.3 Å². The van der Waals surface area contributed by atoms with E-state index in [9.17, 15) is 8.42 Å². The summed E-state index contributed by atoms with van der Waals surface area (Å²) in [6.45, 7) is 2.93. The molecule has 20 heavy (non-hydrogen) atoms. The van der Waals surface area contributed by atoms with Crippen molar-refractivity contribution in [2.45, 2.75) is 56.5 Å². The lowest BCUT2D eigenvalue weighted by Gasteiger charge is -2.25. The summed E-state index contributed by atoms with van der Waals surface area (Å²) in [5, 5.41) is 7.03. The summed E-state index contributed by atoms with van der Waals surface area (Å²) in [4.78, 5) is 0. The smallest absolute Gasteiger partial charge is 0.218 e. The average molecular weight is 314 g/mol. The Kier molecular flexibility index (Phi) is 4.17. The van der Waals surface area contributed by atoms with Crippen molar-refractivity contribution in [2.75, 3.05) is 6.54 Å². The number of sulfonamides is 1. The first-order valence-corrected chi connectivity index (χ1v) is 9.77. The van der Waals surface area contributed by atoms with Crippen molar-refractivity contribution in [3.8, 4) is 0 Å². The van der Waals surface area contributed by atoms with Gasteiger partial charge in [0.2, 0.25) is 10.0 Å². The monoisotopic (exact) mass is 314 g/mol. The molecular weight excluding hydrogens is 292 g/mol. The molecule has 2 aliphatic rings. The highest BCUT2D eigenvalue weighted by Crippen LogP contribution is 2.32. The van der Waals surface area contributed by atoms with Gasteiger partial charge in [-0.3, -0.25) is 0 Å². The first-order chi connectivity index (χ1) is 9.57. The molecule has 1 unspecified atom stereocenters. The van der Waals surface area contributed by atoms with Gasteiger partial charge in [0.25, 0.3) is 0 Å². The van der Waals surface area contributed by atoms with Crippen LogP contribution in [0.1, 0.15) is 38.2 Å². The van der Waals surface area contributed by atoms with E-state index in [1.807, 2.05) is 23.8 Å². The molecule has 0 amide bonds. The van der Waals surface area contributed by atoms with Crippen LogP contribution in [0.25, 0.3) is 0 Å². The summed E-state index contributed by atoms with van der Waals surface area (Å²) in [5.74, 6) is 0. The molecule has 0 aliphatic heterocycles. The maximum atomic E-state index is 12.8. The maximum Gasteiger partial charge on any atom is 0.218 e. The molecule has 0 saturated heterocycles. The zero-order chi connectivity index (χ0) is 14.2. The van der Waals surface area contributed by atoms with Gasteiger partial charge in [-0.05, 0) is 55.0 Å². The Balaban J connectivity index is 1.67. The third-order valence-electron chi connectivity index (χ3n) is 3.98. The first kappa shape index (κ1) is 14.5. The van der Waals surface area contributed by atoms with Gasteiger partial charge in [0.1, 0.15) is 0 Å². The molecule has 0 bridgehead atoms. The Morgan fingerprint density at radius 1 is 1.40 bits per heavy atom. The maximum absolute atomic E-state index is 12.8. The molecule has 2 fully saturated rings. The van der Waals surface area contributed by atoms with Crippen molar-refractivity contribution >= 4 is 21.4 Å². The van der Waals surface area contributed by atoms with E-state index in [1.165, 1.54) is 12.8 Å². The van der Waals surface area contributed by atoms with Gasteiger partial charge in [-0.1, -0.05) is 0 Å². The van der Waals surface area contributed by atoms with Gasteiger partial charge in [0.15, 0.2) is 0 Å². The van der Waals surface area contributed by atoms with Gasteiger partial charge >= 0.3 is 0 Å². The summed E-state index contributed by atoms with van der Waals surface area (Å²) in [5.41, 5.74) is 1.10. The van der Waals surface area contributed by atoms with E-state index >= 15 is 0 Å². The number of nitrogens with zero attached hydrogens (tertiary/aromatic N) is 1. The highest BCUT2D eigenvalue weighted by molar-refractivity contribution is 7.89. The van der Waals surface area contributed by atoms with Crippen molar-refractivity contribution in [1.29, 1.82) is 0 Å². The minimum atomic E-state index is -3.21. The molecule has 112 valence electrons. The molecule has 4 nitrogen and oxygen atoms in total. The molecule has 0 aromatic carbocycles. The fourth-order valence-electron chi connectivity index (χ4n) is 2.31. The summed E-state index contributed by atoms with van der Waals surface area (Å²) < 4.78 is 27.3. The third-order valence-corrected chi connectivity index (χ3v) is 6.98. The third kappa shape index (κ3) is 3.42. The molecule has 2 saturated carbocycles. The Hall–Kier alpha value is -0.430. The quantitative estimate of drug-likeness (QED) is 0.800. The molecule has 1 aromatic rings. The Labute approximate surface area is 125 Å². The van der Waals surface area contributed by atoms with Crippen molar-refractivity contribution in [3.05, 3.63) is 22.4 Å². The number of hydrogen-bond donors (Lipinski definition) is 1. The first-order valence-electron chi connectivity index (χ1n) is 7.32. The van der Waals surface area contributed by atoms with E-state index in [0.717, 1.165) is 18.4 Å². The van der Waals surface area contributed by atoms with Crippen molar-refractivity contribution < 1.29 is 8.42 Å². The average Bonchev–Trinajstić information content (AvgIpc) is 3.34. The predicted octanol–water partition coefficient (Wildman–Crippen LogP) is 2.18. The molecule has 0 radical (unpaired) electrons. The normalized spacial score (nSPS) is 21.3. The van der Waals surface area contributed by atoms with Gasteiger partial charge in [0.05, 0.1) is 5.25 Å². The lowest BCUT2D eigenvalue weighted by molar-refractivity contribution is 0.391. The van der Waals surface area contributed by atoms with E-state index in [0.29, 0.717) is 19.1 Å². The van der Waals surface area contributed by atoms with E-state index in [1.54, 1.807) is 15.6 Å². The minimum absolute atomic E-state index is 0.225. The standard InChI is InChI=1S/C14H22N2O2S2/c1-11(8-15-13-2-3-13)20(17,18)16(14-4-5-14)9-12-6-7-19-10-12/h6-7,10-11,13-15H,2-5,8-9H2,1H3. The number of hydrogen-bond acceptors (Lipinski definition) is 4. The van der Waals surface area contributed by atoms with Gasteiger partial charge < -0.3 is 5.32 Å². The summed E-state index contributed by atoms with van der Waals surface area (Å²) in [6.07, 6.45) is 4.39. The van der Waals surface area contributed by atoms with Gasteiger partial charge in [0, 0.05) is 25.2 Å². The molecule has 1 N–H and O–H groups in total. The number of thiophene rings is 1. The van der Waals surface area contributed by atoms with Crippen LogP contribution in [0.2, 0.25) is 0 Å². The highest BCUT2D eigenvalue weighted by Gasteiger charge is 2.40. The van der Waals surface area contributed by atoms with Crippen LogP contribution in [0, 0.1) is 0 Å². The second kappa shape index (κ2) is 5.75. The SMILES string of the molecule is CC(CNC1CC1)S(=O)(=O)N(Cc1ccsc1)C1CC1. The molecular formula is C14H22N2O2S2. The lowest BCUT2D eigenvalue weighted by Crippen LogP contribution is -2.43. The fraction of sp³-hybridized carbons (Fsp3) is 0.714. The van der Waals surface area contributed by atoms with Crippen LogP contribution in [-0.2, 0) is 16.6 Å². The topological polar surface area (TPSA) is 49.4 Å². The van der Waals surface area contributed by atoms with Crippen LogP contribution in [0.3, 0.4) is 0 Å². The number of nitrogens with one attached hydrogen (secondary N) is 1. The second-order valence-electron chi connectivity index (χ2n) is 5.95. The molecule has 6 heteroatoms. The van der Waals surface area contributed by atoms with Gasteiger partial charge in [-0.15, -0.1) is 0 Å². The Bertz CT molecular complexity index is 534. The van der Waals surface area contributed by atoms with Crippen LogP contribution < -0.4 is 5.32 Å². The fourth-order valence-corrected chi connectivity index (χ4v) is 4.69. The molecule has 1 atom stereocenters. The van der Waals surface area contributed by atoms with Crippen LogP contribution in [0.4, 0.5) is 0 Å². The summed E-state index contributed by atoms with van der Waals surface area (Å²) >= 11 is 1.62. The van der Waals surface area contributed by atoms with Gasteiger partial charge in [-0.25, -0.2) is 8.42 Å². The predicted molar refractivity (Wildman–Crippen MR) is 82.3 cm³/mol. The Morgan fingerprint density at radius 3 is 2.70 bits per heavy atom. The van der Waals surface area contributed by atoms with Crippen molar-refractivity contribution in [1.82, 2.24) is 9.62 Å². The van der Waals surface area contributed by atoms with E-state index in [4.69, 9.17) is 0 Å². The molecule has 1 heterocycles. The summed E-state index contributed by atoms with van der Waals surface area (Å²) in [7, 11) is -3.21. The van der Waals surface area contributed by atoms with E-state index < -0.39 is 10.0 Å². The molecule has 0 spiro atoms. The van der Waals surface area contributed by atoms with Crippen LogP contribution in [0.5, 0.6) is 0 Å². The zero-order valence-electron chi connectivity index (χ0n) is 11.8. The van der Waals surface area contributed by atoms with Crippen molar-refractivity contribution in [2.24, 2.45) is 0 Å². The molecule has 1 aromatic heterocycles. The van der Waals surface area contributed by atoms with E-state index in [2.05, 4.69) is 5.32 Å². The molecule has 2 aliphatic carbocycles. The van der Waals surface area contributed by atoms with Crippen LogP contribution in [-0.4, -0.2) is 36.6 Å². The van der Waals surface area contributed by atoms with Gasteiger partial charge in [-0.2, -0.15) is 15.6 Å².